The van der Waals surface area contributed by atoms with E-state index in [-0.39, 0.29) is 0 Å². The highest BCUT2D eigenvalue weighted by Gasteiger charge is 2.04. The largest absolute Gasteiger partial charge is 0.508 e. The van der Waals surface area contributed by atoms with Crippen LogP contribution in [0, 0.1) is 0 Å². The third-order valence-electron chi connectivity index (χ3n) is 2.88. The van der Waals surface area contributed by atoms with Crippen LogP contribution in [0.4, 0.5) is 5.69 Å². The number of aromatic hydroxyl groups is 1. The molecule has 0 aliphatic rings. The van der Waals surface area contributed by atoms with Crippen molar-refractivity contribution in [2.24, 2.45) is 0 Å². The van der Waals surface area contributed by atoms with Gasteiger partial charge in [-0.25, -0.2) is 0 Å². The number of nitrogen functional groups attached to an aromatic ring is 1. The predicted molar refractivity (Wildman–Crippen MR) is 74.1 cm³/mol. The fourth-order valence-electron chi connectivity index (χ4n) is 1.94. The van der Waals surface area contributed by atoms with Gasteiger partial charge in [0.25, 0.3) is 0 Å². The Bertz CT molecular complexity index is 508. The fraction of sp³-hybridized carbons (Fsp3) is 0.200. The Morgan fingerprint density at radius 2 is 1.67 bits per heavy atom. The van der Waals surface area contributed by atoms with Crippen molar-refractivity contribution in [2.75, 3.05) is 12.8 Å². The predicted octanol–water partition coefficient (Wildman–Crippen LogP) is 2.61. The van der Waals surface area contributed by atoms with Gasteiger partial charge < -0.3 is 10.8 Å². The molecule has 0 aromatic heterocycles. The monoisotopic (exact) mass is 242 g/mol. The summed E-state index contributed by atoms with van der Waals surface area (Å²) >= 11 is 0. The number of benzene rings is 2. The molecular weight excluding hydrogens is 224 g/mol. The van der Waals surface area contributed by atoms with Gasteiger partial charge in [-0.15, -0.1) is 0 Å². The Balaban J connectivity index is 1.99. The summed E-state index contributed by atoms with van der Waals surface area (Å²) in [5, 5.41) is 9.23. The Morgan fingerprint density at radius 1 is 1.00 bits per heavy atom. The molecule has 0 radical (unpaired) electrons. The average molecular weight is 242 g/mol. The lowest BCUT2D eigenvalue weighted by Gasteiger charge is -2.18. The Hall–Kier alpha value is -2.00. The molecule has 0 saturated heterocycles. The topological polar surface area (TPSA) is 49.5 Å². The fourth-order valence-corrected chi connectivity index (χ4v) is 1.94. The van der Waals surface area contributed by atoms with Crippen molar-refractivity contribution in [2.45, 2.75) is 13.1 Å². The van der Waals surface area contributed by atoms with Gasteiger partial charge in [0.2, 0.25) is 0 Å². The molecule has 0 saturated carbocycles. The molecule has 0 unspecified atom stereocenters. The van der Waals surface area contributed by atoms with Crippen molar-refractivity contribution < 1.29 is 5.11 Å². The van der Waals surface area contributed by atoms with Gasteiger partial charge in [0.15, 0.2) is 0 Å². The zero-order valence-corrected chi connectivity index (χ0v) is 10.5. The molecule has 18 heavy (non-hydrogen) atoms. The summed E-state index contributed by atoms with van der Waals surface area (Å²) in [6, 6.07) is 15.2. The minimum Gasteiger partial charge on any atom is -0.508 e. The van der Waals surface area contributed by atoms with Crippen molar-refractivity contribution in [3.05, 3.63) is 59.7 Å². The SMILES string of the molecule is CN(Cc1ccc(O)cc1)Cc1ccccc1N. The van der Waals surface area contributed by atoms with Crippen molar-refractivity contribution >= 4 is 5.69 Å². The maximum atomic E-state index is 9.23. The molecule has 3 N–H and O–H groups in total. The van der Waals surface area contributed by atoms with E-state index in [1.54, 1.807) is 12.1 Å². The molecule has 0 amide bonds. The summed E-state index contributed by atoms with van der Waals surface area (Å²) in [5.74, 6) is 0.300. The van der Waals surface area contributed by atoms with E-state index in [4.69, 9.17) is 5.73 Å². The van der Waals surface area contributed by atoms with Gasteiger partial charge in [-0.1, -0.05) is 30.3 Å². The molecule has 3 heteroatoms. The third-order valence-corrected chi connectivity index (χ3v) is 2.88. The van der Waals surface area contributed by atoms with E-state index in [0.717, 1.165) is 24.3 Å². The molecule has 2 aromatic rings. The van der Waals surface area contributed by atoms with Crippen LogP contribution in [0.15, 0.2) is 48.5 Å². The first-order valence-corrected chi connectivity index (χ1v) is 5.95. The van der Waals surface area contributed by atoms with Gasteiger partial charge in [-0.3, -0.25) is 4.90 Å². The second-order valence-electron chi connectivity index (χ2n) is 4.54. The number of rotatable bonds is 4. The van der Waals surface area contributed by atoms with Crippen LogP contribution in [0.1, 0.15) is 11.1 Å². The second-order valence-corrected chi connectivity index (χ2v) is 4.54. The number of phenols is 1. The van der Waals surface area contributed by atoms with E-state index >= 15 is 0 Å². The highest BCUT2D eigenvalue weighted by molar-refractivity contribution is 5.46. The van der Waals surface area contributed by atoms with E-state index in [0.29, 0.717) is 5.75 Å². The molecule has 0 bridgehead atoms. The number of hydrogen-bond donors (Lipinski definition) is 2. The maximum Gasteiger partial charge on any atom is 0.115 e. The highest BCUT2D eigenvalue weighted by Crippen LogP contribution is 2.15. The van der Waals surface area contributed by atoms with Gasteiger partial charge in [0, 0.05) is 18.8 Å². The van der Waals surface area contributed by atoms with E-state index in [1.165, 1.54) is 5.56 Å². The first kappa shape index (κ1) is 12.5. The number of para-hydroxylation sites is 1. The maximum absolute atomic E-state index is 9.23. The second kappa shape index (κ2) is 5.56. The van der Waals surface area contributed by atoms with Gasteiger partial charge in [0.05, 0.1) is 0 Å². The molecule has 2 aromatic carbocycles. The summed E-state index contributed by atoms with van der Waals surface area (Å²) in [6.07, 6.45) is 0. The molecule has 0 heterocycles. The quantitative estimate of drug-likeness (QED) is 0.810. The minimum atomic E-state index is 0.300. The molecule has 3 nitrogen and oxygen atoms in total. The lowest BCUT2D eigenvalue weighted by atomic mass is 10.1. The van der Waals surface area contributed by atoms with Gasteiger partial charge >= 0.3 is 0 Å². The van der Waals surface area contributed by atoms with Crippen LogP contribution >= 0.6 is 0 Å². The van der Waals surface area contributed by atoms with Crippen LogP contribution in [0.25, 0.3) is 0 Å². The molecule has 2 rings (SSSR count). The number of hydrogen-bond acceptors (Lipinski definition) is 3. The summed E-state index contributed by atoms with van der Waals surface area (Å²) in [5.41, 5.74) is 9.06. The molecule has 0 aliphatic carbocycles. The van der Waals surface area contributed by atoms with Crippen LogP contribution in [0.3, 0.4) is 0 Å². The van der Waals surface area contributed by atoms with Crippen molar-refractivity contribution in [3.63, 3.8) is 0 Å². The van der Waals surface area contributed by atoms with Crippen molar-refractivity contribution in [3.8, 4) is 5.75 Å². The number of nitrogens with two attached hydrogens (primary N) is 1. The molecule has 0 spiro atoms. The first-order valence-electron chi connectivity index (χ1n) is 5.95. The summed E-state index contributed by atoms with van der Waals surface area (Å²) in [7, 11) is 2.05. The first-order chi connectivity index (χ1) is 8.65. The van der Waals surface area contributed by atoms with E-state index < -0.39 is 0 Å². The lowest BCUT2D eigenvalue weighted by molar-refractivity contribution is 0.319. The zero-order valence-electron chi connectivity index (χ0n) is 10.5. The molecule has 0 fully saturated rings. The number of anilines is 1. The summed E-state index contributed by atoms with van der Waals surface area (Å²) in [4.78, 5) is 2.19. The molecule has 0 atom stereocenters. The standard InChI is InChI=1S/C15H18N2O/c1-17(10-12-6-8-14(18)9-7-12)11-13-4-2-3-5-15(13)16/h2-9,18H,10-11,16H2,1H3. The van der Waals surface area contributed by atoms with Gasteiger partial charge in [-0.05, 0) is 36.4 Å². The third kappa shape index (κ3) is 3.25. The van der Waals surface area contributed by atoms with E-state index in [9.17, 15) is 5.11 Å². The normalized spacial score (nSPS) is 10.8. The lowest BCUT2D eigenvalue weighted by Crippen LogP contribution is -2.17. The van der Waals surface area contributed by atoms with Crippen LogP contribution in [0.5, 0.6) is 5.75 Å². The number of nitrogens with zero attached hydrogens (tertiary/aromatic N) is 1. The van der Waals surface area contributed by atoms with Crippen LogP contribution in [-0.4, -0.2) is 17.1 Å². The van der Waals surface area contributed by atoms with Gasteiger partial charge in [-0.2, -0.15) is 0 Å². The molecule has 94 valence electrons. The smallest absolute Gasteiger partial charge is 0.115 e. The zero-order chi connectivity index (χ0) is 13.0. The van der Waals surface area contributed by atoms with Crippen molar-refractivity contribution in [1.82, 2.24) is 4.90 Å². The van der Waals surface area contributed by atoms with Gasteiger partial charge in [0.1, 0.15) is 5.75 Å². The van der Waals surface area contributed by atoms with Crippen LogP contribution < -0.4 is 5.73 Å². The summed E-state index contributed by atoms with van der Waals surface area (Å²) in [6.45, 7) is 1.64. The van der Waals surface area contributed by atoms with Crippen molar-refractivity contribution in [1.29, 1.82) is 0 Å². The van der Waals surface area contributed by atoms with E-state index in [2.05, 4.69) is 11.9 Å². The van der Waals surface area contributed by atoms with Crippen LogP contribution in [0.2, 0.25) is 0 Å². The highest BCUT2D eigenvalue weighted by atomic mass is 16.3. The molecule has 0 aliphatic heterocycles. The number of phenolic OH excluding ortho intramolecular Hbond substituents is 1. The van der Waals surface area contributed by atoms with E-state index in [1.807, 2.05) is 36.4 Å². The Kier molecular flexibility index (Phi) is 3.85. The minimum absolute atomic E-state index is 0.300. The molecular formula is C15H18N2O. The van der Waals surface area contributed by atoms with Crippen LogP contribution in [-0.2, 0) is 13.1 Å². The Morgan fingerprint density at radius 3 is 2.33 bits per heavy atom. The Labute approximate surface area is 107 Å². The summed E-state index contributed by atoms with van der Waals surface area (Å²) < 4.78 is 0. The average Bonchev–Trinajstić information content (AvgIpc) is 2.35.